The van der Waals surface area contributed by atoms with Crippen molar-refractivity contribution in [3.8, 4) is 0 Å². The normalized spacial score (nSPS) is 21.5. The molecule has 1 unspecified atom stereocenters. The Labute approximate surface area is 117 Å². The van der Waals surface area contributed by atoms with Gasteiger partial charge in [-0.25, -0.2) is 0 Å². The minimum absolute atomic E-state index is 0.309. The maximum atomic E-state index is 12.1. The van der Waals surface area contributed by atoms with Gasteiger partial charge < -0.3 is 5.32 Å². The van der Waals surface area contributed by atoms with Crippen LogP contribution in [0, 0.1) is 0 Å². The van der Waals surface area contributed by atoms with Crippen LogP contribution in [0.4, 0.5) is 5.69 Å². The van der Waals surface area contributed by atoms with Gasteiger partial charge in [0.05, 0.1) is 11.4 Å². The van der Waals surface area contributed by atoms with E-state index in [4.69, 9.17) is 5.73 Å². The molecular formula is C16H15N3O. The number of amides is 1. The van der Waals surface area contributed by atoms with E-state index in [1.54, 1.807) is 6.92 Å². The van der Waals surface area contributed by atoms with Gasteiger partial charge in [-0.2, -0.15) is 0 Å². The number of hydrogen-bond acceptors (Lipinski definition) is 3. The summed E-state index contributed by atoms with van der Waals surface area (Å²) in [5, 5.41) is 2.83. The van der Waals surface area contributed by atoms with E-state index < -0.39 is 5.66 Å². The second-order valence-corrected chi connectivity index (χ2v) is 4.97. The predicted molar refractivity (Wildman–Crippen MR) is 79.7 cm³/mol. The molecule has 1 atom stereocenters. The molecule has 2 aromatic carbocycles. The first kappa shape index (κ1) is 12.6. The average Bonchev–Trinajstić information content (AvgIpc) is 2.55. The molecule has 1 aliphatic heterocycles. The zero-order valence-corrected chi connectivity index (χ0v) is 11.1. The summed E-state index contributed by atoms with van der Waals surface area (Å²) < 4.78 is 0. The molecule has 0 saturated heterocycles. The van der Waals surface area contributed by atoms with Crippen LogP contribution in [0.3, 0.4) is 0 Å². The molecule has 0 radical (unpaired) electrons. The Morgan fingerprint density at radius 3 is 2.45 bits per heavy atom. The van der Waals surface area contributed by atoms with Gasteiger partial charge in [0, 0.05) is 11.1 Å². The third kappa shape index (κ3) is 2.10. The van der Waals surface area contributed by atoms with Crippen LogP contribution in [-0.2, 0) is 4.79 Å². The zero-order valence-electron chi connectivity index (χ0n) is 11.1. The molecule has 0 saturated carbocycles. The lowest BCUT2D eigenvalue weighted by molar-refractivity contribution is -0.120. The van der Waals surface area contributed by atoms with Crippen LogP contribution in [0.1, 0.15) is 18.1 Å². The Morgan fingerprint density at radius 2 is 1.70 bits per heavy atom. The summed E-state index contributed by atoms with van der Waals surface area (Å²) in [6.07, 6.45) is 0. The fraction of sp³-hybridized carbons (Fsp3) is 0.125. The molecule has 0 bridgehead atoms. The fourth-order valence-electron chi connectivity index (χ4n) is 2.21. The van der Waals surface area contributed by atoms with Crippen molar-refractivity contribution < 1.29 is 4.79 Å². The van der Waals surface area contributed by atoms with E-state index in [0.29, 0.717) is 0 Å². The van der Waals surface area contributed by atoms with Gasteiger partial charge in [-0.3, -0.25) is 15.5 Å². The Bertz CT molecular complexity index is 690. The van der Waals surface area contributed by atoms with Crippen molar-refractivity contribution in [2.24, 2.45) is 10.7 Å². The highest BCUT2D eigenvalue weighted by Crippen LogP contribution is 2.25. The number of benzene rings is 2. The van der Waals surface area contributed by atoms with Gasteiger partial charge >= 0.3 is 0 Å². The number of nitrogens with zero attached hydrogens (tertiary/aromatic N) is 1. The molecular weight excluding hydrogens is 250 g/mol. The highest BCUT2D eigenvalue weighted by Gasteiger charge is 2.32. The first-order valence-electron chi connectivity index (χ1n) is 6.43. The molecule has 2 aromatic rings. The monoisotopic (exact) mass is 265 g/mol. The van der Waals surface area contributed by atoms with Crippen LogP contribution in [-0.4, -0.2) is 17.3 Å². The molecule has 20 heavy (non-hydrogen) atoms. The number of anilines is 1. The van der Waals surface area contributed by atoms with Crippen molar-refractivity contribution in [2.75, 3.05) is 5.32 Å². The Balaban J connectivity index is 2.26. The molecule has 0 spiro atoms. The largest absolute Gasteiger partial charge is 0.322 e. The smallest absolute Gasteiger partial charge is 0.266 e. The topological polar surface area (TPSA) is 67.5 Å². The number of carbonyl (C=O) groups excluding carboxylic acids is 1. The summed E-state index contributed by atoms with van der Waals surface area (Å²) in [6, 6.07) is 17.3. The van der Waals surface area contributed by atoms with E-state index in [1.165, 1.54) is 0 Å². The van der Waals surface area contributed by atoms with Gasteiger partial charge in [0.15, 0.2) is 5.66 Å². The number of hydrogen-bond donors (Lipinski definition) is 2. The van der Waals surface area contributed by atoms with E-state index in [9.17, 15) is 4.79 Å². The summed E-state index contributed by atoms with van der Waals surface area (Å²) >= 11 is 0. The number of nitrogens with one attached hydrogen (secondary N) is 1. The summed E-state index contributed by atoms with van der Waals surface area (Å²) in [6.45, 7) is 1.61. The quantitative estimate of drug-likeness (QED) is 0.829. The molecule has 4 nitrogen and oxygen atoms in total. The van der Waals surface area contributed by atoms with Crippen LogP contribution in [0.2, 0.25) is 0 Å². The number of carbonyl (C=O) groups is 1. The van der Waals surface area contributed by atoms with Gasteiger partial charge in [-0.15, -0.1) is 0 Å². The summed E-state index contributed by atoms with van der Waals surface area (Å²) in [7, 11) is 0. The third-order valence-electron chi connectivity index (χ3n) is 3.28. The van der Waals surface area contributed by atoms with Crippen molar-refractivity contribution in [3.05, 3.63) is 65.7 Å². The zero-order chi connectivity index (χ0) is 14.2. The number of aliphatic imine (C=N–C) groups is 1. The van der Waals surface area contributed by atoms with Crippen molar-refractivity contribution in [1.82, 2.24) is 0 Å². The van der Waals surface area contributed by atoms with Gasteiger partial charge in [-0.05, 0) is 13.0 Å². The van der Waals surface area contributed by atoms with Crippen molar-refractivity contribution in [3.63, 3.8) is 0 Å². The molecule has 100 valence electrons. The van der Waals surface area contributed by atoms with Crippen molar-refractivity contribution in [2.45, 2.75) is 12.6 Å². The van der Waals surface area contributed by atoms with Gasteiger partial charge in [-0.1, -0.05) is 48.5 Å². The van der Waals surface area contributed by atoms with Crippen LogP contribution in [0.25, 0.3) is 0 Å². The molecule has 3 N–H and O–H groups in total. The van der Waals surface area contributed by atoms with Gasteiger partial charge in [0.2, 0.25) is 0 Å². The SMILES string of the molecule is CC1(N)N=C(c2ccccc2)c2ccccc2NC1=O. The van der Waals surface area contributed by atoms with E-state index in [1.807, 2.05) is 54.6 Å². The Morgan fingerprint density at radius 1 is 1.05 bits per heavy atom. The van der Waals surface area contributed by atoms with Gasteiger partial charge in [0.25, 0.3) is 5.91 Å². The van der Waals surface area contributed by atoms with E-state index in [2.05, 4.69) is 10.3 Å². The maximum absolute atomic E-state index is 12.1. The minimum atomic E-state index is -1.29. The van der Waals surface area contributed by atoms with Crippen LogP contribution < -0.4 is 11.1 Å². The number of nitrogens with two attached hydrogens (primary N) is 1. The third-order valence-corrected chi connectivity index (χ3v) is 3.28. The highest BCUT2D eigenvalue weighted by molar-refractivity contribution is 6.20. The van der Waals surface area contributed by atoms with Crippen LogP contribution >= 0.6 is 0 Å². The maximum Gasteiger partial charge on any atom is 0.266 e. The first-order valence-corrected chi connectivity index (χ1v) is 6.43. The summed E-state index contributed by atoms with van der Waals surface area (Å²) in [5.74, 6) is -0.309. The second-order valence-electron chi connectivity index (χ2n) is 4.97. The summed E-state index contributed by atoms with van der Waals surface area (Å²) in [4.78, 5) is 16.6. The first-order chi connectivity index (χ1) is 9.58. The number of rotatable bonds is 1. The Hall–Kier alpha value is -2.46. The fourth-order valence-corrected chi connectivity index (χ4v) is 2.21. The number of para-hydroxylation sites is 1. The van der Waals surface area contributed by atoms with Crippen molar-refractivity contribution in [1.29, 1.82) is 0 Å². The standard InChI is InChI=1S/C16H15N3O/c1-16(17)15(20)18-13-10-6-5-9-12(13)14(19-16)11-7-3-2-4-8-11/h2-10H,17H2,1H3,(H,18,20). The second kappa shape index (κ2) is 4.58. The highest BCUT2D eigenvalue weighted by atomic mass is 16.2. The molecule has 0 fully saturated rings. The number of benzodiazepines with no additional fused rings is 1. The molecule has 1 heterocycles. The molecule has 1 aliphatic rings. The van der Waals surface area contributed by atoms with Crippen LogP contribution in [0.15, 0.2) is 59.6 Å². The van der Waals surface area contributed by atoms with E-state index in [0.717, 1.165) is 22.5 Å². The van der Waals surface area contributed by atoms with Gasteiger partial charge in [0.1, 0.15) is 0 Å². The average molecular weight is 265 g/mol. The molecule has 3 rings (SSSR count). The lowest BCUT2D eigenvalue weighted by Gasteiger charge is -2.17. The lowest BCUT2D eigenvalue weighted by atomic mass is 10.0. The van der Waals surface area contributed by atoms with Crippen molar-refractivity contribution >= 4 is 17.3 Å². The lowest BCUT2D eigenvalue weighted by Crippen LogP contribution is -2.46. The van der Waals surface area contributed by atoms with Crippen LogP contribution in [0.5, 0.6) is 0 Å². The molecule has 4 heteroatoms. The molecule has 0 aliphatic carbocycles. The Kier molecular flexibility index (Phi) is 2.88. The molecule has 0 aromatic heterocycles. The van der Waals surface area contributed by atoms with E-state index in [-0.39, 0.29) is 5.91 Å². The minimum Gasteiger partial charge on any atom is -0.322 e. The predicted octanol–water partition coefficient (Wildman–Crippen LogP) is 2.15. The van der Waals surface area contributed by atoms with E-state index >= 15 is 0 Å². The summed E-state index contributed by atoms with van der Waals surface area (Å²) in [5.41, 5.74) is 8.01. The molecule has 1 amide bonds. The number of fused-ring (bicyclic) bond motifs is 1.